The molecule has 2 unspecified atom stereocenters. The second kappa shape index (κ2) is 10.4. The maximum atomic E-state index is 14.3. The molecule has 42 heavy (non-hydrogen) atoms. The Morgan fingerprint density at radius 1 is 1.02 bits per heavy atom. The molecule has 1 amide bonds. The standard InChI is InChI=1S/C29H27F2N9O2/c1-14-8-18(9-15(2)39(14)29(42)27-34-13-35-38-27)25-24(16(3)41)26(32)40-28(37-25)21(12-36-40)17-4-7-23(33-11-17)20-6-5-19(30)10-22(20)31/h4-7,10-15,18H,8-9,32H2,1-3H3,(H,34,35,38)/t14-,15?,18?/m0/s1. The van der Waals surface area contributed by atoms with Gasteiger partial charge in [0.05, 0.1) is 23.1 Å². The van der Waals surface area contributed by atoms with E-state index in [0.29, 0.717) is 46.6 Å². The van der Waals surface area contributed by atoms with Crippen molar-refractivity contribution < 1.29 is 18.4 Å². The Labute approximate surface area is 238 Å². The van der Waals surface area contributed by atoms with Gasteiger partial charge >= 0.3 is 0 Å². The molecular formula is C29H27F2N9O2. The van der Waals surface area contributed by atoms with Crippen molar-refractivity contribution in [3.05, 3.63) is 77.8 Å². The molecule has 1 aliphatic heterocycles. The summed E-state index contributed by atoms with van der Waals surface area (Å²) in [4.78, 5) is 41.1. The molecule has 5 heterocycles. The van der Waals surface area contributed by atoms with Crippen LogP contribution in [0, 0.1) is 11.6 Å². The Hall–Kier alpha value is -5.07. The number of likely N-dealkylation sites (tertiary alicyclic amines) is 1. The molecule has 0 radical (unpaired) electrons. The Kier molecular flexibility index (Phi) is 6.71. The highest BCUT2D eigenvalue weighted by molar-refractivity contribution is 6.00. The highest BCUT2D eigenvalue weighted by atomic mass is 19.1. The largest absolute Gasteiger partial charge is 0.383 e. The SMILES string of the molecule is CC(=O)c1c(C2CC(C)N(C(=O)c3ncn[nH]3)[C@@H](C)C2)nc2c(-c3ccc(-c4ccc(F)cc4F)nc3)cnn2c1N. The fraction of sp³-hybridized carbons (Fsp3) is 0.276. The molecule has 214 valence electrons. The first-order valence-electron chi connectivity index (χ1n) is 13.4. The van der Waals surface area contributed by atoms with Crippen LogP contribution < -0.4 is 5.73 Å². The average molecular weight is 572 g/mol. The van der Waals surface area contributed by atoms with Crippen molar-refractivity contribution in [2.45, 2.75) is 51.6 Å². The summed E-state index contributed by atoms with van der Waals surface area (Å²) < 4.78 is 29.1. The van der Waals surface area contributed by atoms with E-state index in [0.717, 1.165) is 6.07 Å². The van der Waals surface area contributed by atoms with Gasteiger partial charge in [0.2, 0.25) is 5.82 Å². The highest BCUT2D eigenvalue weighted by Crippen LogP contribution is 2.39. The summed E-state index contributed by atoms with van der Waals surface area (Å²) in [5.74, 6) is -1.67. The van der Waals surface area contributed by atoms with Crippen molar-refractivity contribution in [2.75, 3.05) is 5.73 Å². The van der Waals surface area contributed by atoms with Gasteiger partial charge in [-0.3, -0.25) is 19.7 Å². The predicted octanol–water partition coefficient (Wildman–Crippen LogP) is 4.44. The van der Waals surface area contributed by atoms with Crippen molar-refractivity contribution in [1.29, 1.82) is 0 Å². The number of aromatic nitrogens is 7. The Bertz CT molecular complexity index is 1810. The zero-order valence-corrected chi connectivity index (χ0v) is 23.0. The first-order chi connectivity index (χ1) is 20.1. The highest BCUT2D eigenvalue weighted by Gasteiger charge is 2.38. The van der Waals surface area contributed by atoms with Crippen molar-refractivity contribution in [3.63, 3.8) is 0 Å². The minimum absolute atomic E-state index is 0.162. The van der Waals surface area contributed by atoms with Gasteiger partial charge in [-0.25, -0.2) is 18.7 Å². The van der Waals surface area contributed by atoms with Crippen LogP contribution in [0.25, 0.3) is 28.0 Å². The fourth-order valence-corrected chi connectivity index (χ4v) is 5.94. The molecule has 1 aliphatic rings. The molecule has 3 N–H and O–H groups in total. The van der Waals surface area contributed by atoms with E-state index in [1.165, 1.54) is 29.9 Å². The number of Topliss-reactive ketones (excluding diaryl/α,β-unsaturated/α-hetero) is 1. The number of hydrogen-bond donors (Lipinski definition) is 2. The lowest BCUT2D eigenvalue weighted by molar-refractivity contribution is 0.0463. The first kappa shape index (κ1) is 27.1. The summed E-state index contributed by atoms with van der Waals surface area (Å²) in [5, 5.41) is 10.8. The van der Waals surface area contributed by atoms with Gasteiger partial charge in [0, 0.05) is 47.0 Å². The molecule has 11 nitrogen and oxygen atoms in total. The van der Waals surface area contributed by atoms with E-state index in [1.54, 1.807) is 29.4 Å². The number of piperidine rings is 1. The average Bonchev–Trinajstić information content (AvgIpc) is 3.63. The van der Waals surface area contributed by atoms with Crippen LogP contribution in [0.4, 0.5) is 14.6 Å². The zero-order chi connectivity index (χ0) is 29.7. The number of H-pyrrole nitrogens is 1. The number of aromatic amines is 1. The van der Waals surface area contributed by atoms with Gasteiger partial charge in [-0.1, -0.05) is 6.07 Å². The van der Waals surface area contributed by atoms with Gasteiger partial charge in [0.15, 0.2) is 11.4 Å². The molecule has 3 atom stereocenters. The summed E-state index contributed by atoms with van der Waals surface area (Å²) in [7, 11) is 0. The quantitative estimate of drug-likeness (QED) is 0.294. The van der Waals surface area contributed by atoms with Gasteiger partial charge in [0.1, 0.15) is 23.8 Å². The number of benzene rings is 1. The van der Waals surface area contributed by atoms with Crippen molar-refractivity contribution in [2.24, 2.45) is 0 Å². The number of amides is 1. The lowest BCUT2D eigenvalue weighted by atomic mass is 9.82. The van der Waals surface area contributed by atoms with E-state index in [1.807, 2.05) is 13.8 Å². The molecule has 1 aromatic carbocycles. The number of nitrogen functional groups attached to an aromatic ring is 1. The fourth-order valence-electron chi connectivity index (χ4n) is 5.94. The summed E-state index contributed by atoms with van der Waals surface area (Å²) >= 11 is 0. The zero-order valence-electron chi connectivity index (χ0n) is 23.0. The van der Waals surface area contributed by atoms with E-state index in [-0.39, 0.29) is 46.9 Å². The van der Waals surface area contributed by atoms with Gasteiger partial charge in [-0.2, -0.15) is 14.7 Å². The van der Waals surface area contributed by atoms with Crippen LogP contribution >= 0.6 is 0 Å². The lowest BCUT2D eigenvalue weighted by Gasteiger charge is -2.42. The Morgan fingerprint density at radius 2 is 1.79 bits per heavy atom. The maximum Gasteiger partial charge on any atom is 0.291 e. The number of nitrogens with one attached hydrogen (secondary N) is 1. The van der Waals surface area contributed by atoms with Gasteiger partial charge in [0.25, 0.3) is 5.91 Å². The number of pyridine rings is 1. The first-order valence-corrected chi connectivity index (χ1v) is 13.4. The van der Waals surface area contributed by atoms with Gasteiger partial charge < -0.3 is 10.6 Å². The van der Waals surface area contributed by atoms with Crippen LogP contribution in [-0.2, 0) is 0 Å². The molecule has 0 bridgehead atoms. The lowest BCUT2D eigenvalue weighted by Crippen LogP contribution is -2.50. The number of hydrogen-bond acceptors (Lipinski definition) is 8. The topological polar surface area (TPSA) is 148 Å². The molecule has 1 saturated heterocycles. The normalized spacial score (nSPS) is 18.9. The molecule has 5 aromatic rings. The van der Waals surface area contributed by atoms with E-state index >= 15 is 0 Å². The summed E-state index contributed by atoms with van der Waals surface area (Å²) in [6.07, 6.45) is 5.55. The second-order valence-corrected chi connectivity index (χ2v) is 10.6. The smallest absolute Gasteiger partial charge is 0.291 e. The number of carbonyl (C=O) groups is 2. The predicted molar refractivity (Wildman–Crippen MR) is 149 cm³/mol. The number of carbonyl (C=O) groups excluding carboxylic acids is 2. The van der Waals surface area contributed by atoms with Gasteiger partial charge in [-0.15, -0.1) is 0 Å². The number of anilines is 1. The number of nitrogens with two attached hydrogens (primary N) is 1. The molecular weight excluding hydrogens is 544 g/mol. The molecule has 13 heteroatoms. The van der Waals surface area contributed by atoms with Gasteiger partial charge in [-0.05, 0) is 51.8 Å². The van der Waals surface area contributed by atoms with Crippen molar-refractivity contribution in [3.8, 4) is 22.4 Å². The maximum absolute atomic E-state index is 14.3. The van der Waals surface area contributed by atoms with Crippen LogP contribution in [0.5, 0.6) is 0 Å². The molecule has 0 spiro atoms. The molecule has 4 aromatic heterocycles. The molecule has 0 aliphatic carbocycles. The monoisotopic (exact) mass is 571 g/mol. The minimum atomic E-state index is -0.709. The number of nitrogens with zero attached hydrogens (tertiary/aromatic N) is 7. The number of ketones is 1. The summed E-state index contributed by atoms with van der Waals surface area (Å²) in [6, 6.07) is 6.35. The van der Waals surface area contributed by atoms with Crippen molar-refractivity contribution in [1.82, 2.24) is 39.7 Å². The summed E-state index contributed by atoms with van der Waals surface area (Å²) in [5.41, 5.74) is 9.61. The third-order valence-corrected chi connectivity index (χ3v) is 7.78. The number of rotatable bonds is 5. The van der Waals surface area contributed by atoms with E-state index < -0.39 is 11.6 Å². The number of halogens is 2. The second-order valence-electron chi connectivity index (χ2n) is 10.6. The Morgan fingerprint density at radius 3 is 2.40 bits per heavy atom. The van der Waals surface area contributed by atoms with E-state index in [9.17, 15) is 18.4 Å². The van der Waals surface area contributed by atoms with E-state index in [2.05, 4.69) is 25.3 Å². The van der Waals surface area contributed by atoms with Crippen LogP contribution in [0.2, 0.25) is 0 Å². The molecule has 6 rings (SSSR count). The van der Waals surface area contributed by atoms with E-state index in [4.69, 9.17) is 10.7 Å². The van der Waals surface area contributed by atoms with Crippen LogP contribution in [0.15, 0.2) is 49.1 Å². The third-order valence-electron chi connectivity index (χ3n) is 7.78. The molecule has 0 saturated carbocycles. The molecule has 1 fully saturated rings. The van der Waals surface area contributed by atoms with Crippen LogP contribution in [-0.4, -0.2) is 63.4 Å². The number of fused-ring (bicyclic) bond motifs is 1. The van der Waals surface area contributed by atoms with Crippen LogP contribution in [0.1, 0.15) is 66.2 Å². The third kappa shape index (κ3) is 4.56. The summed E-state index contributed by atoms with van der Waals surface area (Å²) in [6.45, 7) is 5.35. The minimum Gasteiger partial charge on any atom is -0.383 e. The Balaban J connectivity index is 1.37. The van der Waals surface area contributed by atoms with Crippen molar-refractivity contribution >= 4 is 23.2 Å². The van der Waals surface area contributed by atoms with Crippen LogP contribution in [0.3, 0.4) is 0 Å².